The fourth-order valence-electron chi connectivity index (χ4n) is 1.31. The molecule has 0 heterocycles. The van der Waals surface area contributed by atoms with Gasteiger partial charge in [0, 0.05) is 11.7 Å². The summed E-state index contributed by atoms with van der Waals surface area (Å²) in [7, 11) is 1.93. The molecule has 0 amide bonds. The zero-order valence-corrected chi connectivity index (χ0v) is 8.68. The number of nitrogen functional groups attached to an aromatic ring is 1. The highest BCUT2D eigenvalue weighted by Gasteiger charge is 2.03. The molecule has 1 aromatic carbocycles. The number of anilines is 1. The van der Waals surface area contributed by atoms with Crippen LogP contribution in [0.15, 0.2) is 18.2 Å². The van der Waals surface area contributed by atoms with E-state index in [1.807, 2.05) is 7.05 Å². The maximum Gasteiger partial charge on any atom is 0.125 e. The molecule has 0 bridgehead atoms. The molecule has 0 radical (unpaired) electrons. The molecule has 0 aliphatic rings. The van der Waals surface area contributed by atoms with Gasteiger partial charge in [0.15, 0.2) is 0 Å². The van der Waals surface area contributed by atoms with Gasteiger partial charge in [-0.05, 0) is 44.5 Å². The van der Waals surface area contributed by atoms with Crippen molar-refractivity contribution in [3.8, 4) is 0 Å². The van der Waals surface area contributed by atoms with Crippen LogP contribution in [-0.2, 0) is 6.42 Å². The highest BCUT2D eigenvalue weighted by atomic mass is 19.1. The molecule has 0 saturated carbocycles. The lowest BCUT2D eigenvalue weighted by Gasteiger charge is -2.10. The van der Waals surface area contributed by atoms with Crippen molar-refractivity contribution in [2.75, 3.05) is 12.8 Å². The zero-order valence-electron chi connectivity index (χ0n) is 8.68. The van der Waals surface area contributed by atoms with E-state index in [4.69, 9.17) is 5.73 Å². The van der Waals surface area contributed by atoms with Crippen LogP contribution in [0.25, 0.3) is 0 Å². The van der Waals surface area contributed by atoms with Crippen molar-refractivity contribution in [3.05, 3.63) is 29.6 Å². The normalized spacial score (nSPS) is 12.8. The molecule has 1 aromatic rings. The van der Waals surface area contributed by atoms with Crippen LogP contribution in [0, 0.1) is 5.82 Å². The van der Waals surface area contributed by atoms with Gasteiger partial charge in [0.25, 0.3) is 0 Å². The topological polar surface area (TPSA) is 38.0 Å². The average Bonchev–Trinajstić information content (AvgIpc) is 2.16. The lowest BCUT2D eigenvalue weighted by atomic mass is 10.0. The van der Waals surface area contributed by atoms with Crippen molar-refractivity contribution in [2.45, 2.75) is 25.8 Å². The number of hydrogen-bond acceptors (Lipinski definition) is 2. The summed E-state index contributed by atoms with van der Waals surface area (Å²) in [5.74, 6) is -0.270. The Morgan fingerprint density at radius 1 is 1.50 bits per heavy atom. The number of nitrogens with two attached hydrogens (primary N) is 1. The number of benzene rings is 1. The molecule has 3 heteroatoms. The minimum absolute atomic E-state index is 0.270. The molecule has 78 valence electrons. The predicted octanol–water partition coefficient (Wildman–Crippen LogP) is 1.95. The number of rotatable bonds is 4. The molecule has 0 aromatic heterocycles. The van der Waals surface area contributed by atoms with Crippen LogP contribution in [0.1, 0.15) is 18.9 Å². The van der Waals surface area contributed by atoms with Crippen molar-refractivity contribution in [1.82, 2.24) is 5.32 Å². The Balaban J connectivity index is 2.59. The first kappa shape index (κ1) is 11.0. The third-order valence-corrected chi connectivity index (χ3v) is 2.45. The summed E-state index contributed by atoms with van der Waals surface area (Å²) in [6, 6.07) is 5.04. The maximum absolute atomic E-state index is 12.7. The van der Waals surface area contributed by atoms with Crippen LogP contribution in [0.3, 0.4) is 0 Å². The first-order valence-electron chi connectivity index (χ1n) is 4.84. The van der Waals surface area contributed by atoms with Crippen LogP contribution in [0.4, 0.5) is 10.1 Å². The second kappa shape index (κ2) is 4.96. The molecule has 0 aliphatic heterocycles. The fourth-order valence-corrected chi connectivity index (χ4v) is 1.31. The molecular formula is C11H17FN2. The highest BCUT2D eigenvalue weighted by Crippen LogP contribution is 2.15. The van der Waals surface area contributed by atoms with Crippen LogP contribution in [-0.4, -0.2) is 13.1 Å². The Labute approximate surface area is 84.3 Å². The molecule has 0 saturated heterocycles. The number of halogens is 1. The first-order valence-corrected chi connectivity index (χ1v) is 4.84. The predicted molar refractivity (Wildman–Crippen MR) is 57.7 cm³/mol. The molecule has 2 nitrogen and oxygen atoms in total. The van der Waals surface area contributed by atoms with E-state index >= 15 is 0 Å². The monoisotopic (exact) mass is 196 g/mol. The summed E-state index contributed by atoms with van der Waals surface area (Å²) in [5.41, 5.74) is 7.26. The summed E-state index contributed by atoms with van der Waals surface area (Å²) in [6.45, 7) is 2.11. The molecular weight excluding hydrogens is 179 g/mol. The van der Waals surface area contributed by atoms with Gasteiger partial charge in [-0.15, -0.1) is 0 Å². The smallest absolute Gasteiger partial charge is 0.125 e. The molecule has 0 aliphatic carbocycles. The SMILES string of the molecule is CNC(C)CCc1ccc(F)cc1N. The van der Waals surface area contributed by atoms with E-state index < -0.39 is 0 Å². The lowest BCUT2D eigenvalue weighted by molar-refractivity contribution is 0.565. The molecule has 1 atom stereocenters. The van der Waals surface area contributed by atoms with Crippen molar-refractivity contribution in [1.29, 1.82) is 0 Å². The van der Waals surface area contributed by atoms with Gasteiger partial charge in [0.05, 0.1) is 0 Å². The van der Waals surface area contributed by atoms with Crippen molar-refractivity contribution in [3.63, 3.8) is 0 Å². The summed E-state index contributed by atoms with van der Waals surface area (Å²) in [5, 5.41) is 3.15. The Morgan fingerprint density at radius 2 is 2.21 bits per heavy atom. The van der Waals surface area contributed by atoms with E-state index in [9.17, 15) is 4.39 Å². The minimum atomic E-state index is -0.270. The second-order valence-electron chi connectivity index (χ2n) is 3.57. The summed E-state index contributed by atoms with van der Waals surface area (Å²) < 4.78 is 12.7. The van der Waals surface area contributed by atoms with Crippen LogP contribution >= 0.6 is 0 Å². The van der Waals surface area contributed by atoms with E-state index in [1.165, 1.54) is 12.1 Å². The van der Waals surface area contributed by atoms with Crippen molar-refractivity contribution < 1.29 is 4.39 Å². The Morgan fingerprint density at radius 3 is 2.79 bits per heavy atom. The largest absolute Gasteiger partial charge is 0.398 e. The number of hydrogen-bond donors (Lipinski definition) is 2. The fraction of sp³-hybridized carbons (Fsp3) is 0.455. The standard InChI is InChI=1S/C11H17FN2/c1-8(14-2)3-4-9-5-6-10(12)7-11(9)13/h5-8,14H,3-4,13H2,1-2H3. The van der Waals surface area contributed by atoms with Gasteiger partial charge in [-0.2, -0.15) is 0 Å². The maximum atomic E-state index is 12.7. The minimum Gasteiger partial charge on any atom is -0.398 e. The van der Waals surface area contributed by atoms with Gasteiger partial charge < -0.3 is 11.1 Å². The van der Waals surface area contributed by atoms with Gasteiger partial charge in [0.2, 0.25) is 0 Å². The summed E-state index contributed by atoms with van der Waals surface area (Å²) >= 11 is 0. The van der Waals surface area contributed by atoms with Gasteiger partial charge in [-0.1, -0.05) is 6.07 Å². The van der Waals surface area contributed by atoms with Gasteiger partial charge in [-0.25, -0.2) is 4.39 Å². The van der Waals surface area contributed by atoms with Crippen LogP contribution in [0.2, 0.25) is 0 Å². The first-order chi connectivity index (χ1) is 6.63. The van der Waals surface area contributed by atoms with Gasteiger partial charge in [0.1, 0.15) is 5.82 Å². The van der Waals surface area contributed by atoms with Crippen LogP contribution < -0.4 is 11.1 Å². The number of aryl methyl sites for hydroxylation is 1. The summed E-state index contributed by atoms with van der Waals surface area (Å²) in [6.07, 6.45) is 1.89. The van der Waals surface area contributed by atoms with E-state index in [-0.39, 0.29) is 5.82 Å². The van der Waals surface area contributed by atoms with Crippen LogP contribution in [0.5, 0.6) is 0 Å². The van der Waals surface area contributed by atoms with E-state index in [0.29, 0.717) is 11.7 Å². The average molecular weight is 196 g/mol. The number of nitrogens with one attached hydrogen (secondary N) is 1. The molecule has 0 fully saturated rings. The van der Waals surface area contributed by atoms with E-state index in [1.54, 1.807) is 6.07 Å². The van der Waals surface area contributed by atoms with E-state index in [0.717, 1.165) is 18.4 Å². The highest BCUT2D eigenvalue weighted by molar-refractivity contribution is 5.46. The molecule has 0 spiro atoms. The Bertz CT molecular complexity index is 299. The molecule has 14 heavy (non-hydrogen) atoms. The quantitative estimate of drug-likeness (QED) is 0.722. The molecule has 1 unspecified atom stereocenters. The second-order valence-corrected chi connectivity index (χ2v) is 3.57. The Kier molecular flexibility index (Phi) is 3.89. The third-order valence-electron chi connectivity index (χ3n) is 2.45. The third kappa shape index (κ3) is 3.00. The lowest BCUT2D eigenvalue weighted by Crippen LogP contribution is -2.21. The molecule has 1 rings (SSSR count). The molecule has 3 N–H and O–H groups in total. The van der Waals surface area contributed by atoms with Gasteiger partial charge >= 0.3 is 0 Å². The van der Waals surface area contributed by atoms with Crippen molar-refractivity contribution in [2.24, 2.45) is 0 Å². The summed E-state index contributed by atoms with van der Waals surface area (Å²) in [4.78, 5) is 0. The Hall–Kier alpha value is -1.09. The zero-order chi connectivity index (χ0) is 10.6. The van der Waals surface area contributed by atoms with Crippen molar-refractivity contribution >= 4 is 5.69 Å². The van der Waals surface area contributed by atoms with E-state index in [2.05, 4.69) is 12.2 Å². The van der Waals surface area contributed by atoms with Gasteiger partial charge in [-0.3, -0.25) is 0 Å².